The van der Waals surface area contributed by atoms with Crippen LogP contribution in [0.4, 0.5) is 0 Å². The van der Waals surface area contributed by atoms with E-state index >= 15 is 0 Å². The van der Waals surface area contributed by atoms with Crippen molar-refractivity contribution < 1.29 is 9.90 Å². The number of amides is 1. The third-order valence-electron chi connectivity index (χ3n) is 3.63. The summed E-state index contributed by atoms with van der Waals surface area (Å²) in [6.45, 7) is 3.24. The Labute approximate surface area is 114 Å². The van der Waals surface area contributed by atoms with Gasteiger partial charge in [-0.15, -0.1) is 0 Å². The van der Waals surface area contributed by atoms with Crippen LogP contribution in [0.15, 0.2) is 24.3 Å². The summed E-state index contributed by atoms with van der Waals surface area (Å²) in [5.74, 6) is 0.0520. The molecule has 0 spiro atoms. The van der Waals surface area contributed by atoms with Crippen LogP contribution in [0.2, 0.25) is 0 Å². The zero-order chi connectivity index (χ0) is 13.8. The smallest absolute Gasteiger partial charge is 0.239 e. The first-order valence-corrected chi connectivity index (χ1v) is 6.84. The molecule has 0 bridgehead atoms. The number of aliphatic hydroxyl groups excluding tert-OH is 1. The molecule has 4 nitrogen and oxygen atoms in total. The Kier molecular flexibility index (Phi) is 4.56. The van der Waals surface area contributed by atoms with E-state index in [0.717, 1.165) is 12.0 Å². The monoisotopic (exact) mass is 262 g/mol. The lowest BCUT2D eigenvalue weighted by molar-refractivity contribution is -0.132. The Hall–Kier alpha value is -1.39. The molecule has 1 aromatic carbocycles. The molecule has 1 aromatic rings. The first-order valence-electron chi connectivity index (χ1n) is 6.84. The van der Waals surface area contributed by atoms with E-state index in [4.69, 9.17) is 0 Å². The number of likely N-dealkylation sites (N-methyl/N-ethyl adjacent to an activating group) is 1. The molecule has 0 radical (unpaired) electrons. The van der Waals surface area contributed by atoms with Crippen LogP contribution >= 0.6 is 0 Å². The average Bonchev–Trinajstić information content (AvgIpc) is 2.85. The lowest BCUT2D eigenvalue weighted by Crippen LogP contribution is -2.41. The molecule has 0 saturated carbocycles. The number of aryl methyl sites for hydroxylation is 1. The second-order valence-corrected chi connectivity index (χ2v) is 5.21. The maximum Gasteiger partial charge on any atom is 0.239 e. The van der Waals surface area contributed by atoms with E-state index in [0.29, 0.717) is 19.5 Å². The lowest BCUT2D eigenvalue weighted by Gasteiger charge is -2.21. The highest BCUT2D eigenvalue weighted by Crippen LogP contribution is 2.12. The molecule has 4 heteroatoms. The Morgan fingerprint density at radius 1 is 1.37 bits per heavy atom. The van der Waals surface area contributed by atoms with Crippen molar-refractivity contribution >= 4 is 5.91 Å². The Morgan fingerprint density at radius 2 is 2.00 bits per heavy atom. The van der Waals surface area contributed by atoms with Crippen molar-refractivity contribution in [2.45, 2.75) is 38.5 Å². The minimum atomic E-state index is -0.397. The second-order valence-electron chi connectivity index (χ2n) is 5.21. The van der Waals surface area contributed by atoms with Crippen LogP contribution in [0.1, 0.15) is 24.5 Å². The molecule has 1 amide bonds. The predicted molar refractivity (Wildman–Crippen MR) is 74.7 cm³/mol. The first kappa shape index (κ1) is 14.0. The Bertz CT molecular complexity index is 430. The van der Waals surface area contributed by atoms with Crippen LogP contribution in [0.25, 0.3) is 0 Å². The van der Waals surface area contributed by atoms with Crippen molar-refractivity contribution in [2.24, 2.45) is 0 Å². The van der Waals surface area contributed by atoms with E-state index in [1.165, 1.54) is 5.56 Å². The van der Waals surface area contributed by atoms with Gasteiger partial charge in [0.1, 0.15) is 0 Å². The largest absolute Gasteiger partial charge is 0.392 e. The van der Waals surface area contributed by atoms with E-state index in [9.17, 15) is 9.90 Å². The van der Waals surface area contributed by atoms with Gasteiger partial charge in [-0.05, 0) is 24.0 Å². The molecule has 2 rings (SSSR count). The van der Waals surface area contributed by atoms with Gasteiger partial charge >= 0.3 is 0 Å². The summed E-state index contributed by atoms with van der Waals surface area (Å²) in [4.78, 5) is 13.9. The number of hydrogen-bond acceptors (Lipinski definition) is 3. The van der Waals surface area contributed by atoms with Gasteiger partial charge in [0, 0.05) is 20.1 Å². The molecule has 1 fully saturated rings. The van der Waals surface area contributed by atoms with Crippen molar-refractivity contribution in [3.8, 4) is 0 Å². The molecule has 2 atom stereocenters. The summed E-state index contributed by atoms with van der Waals surface area (Å²) in [6.07, 6.45) is 1.14. The number of nitrogens with one attached hydrogen (secondary N) is 1. The van der Waals surface area contributed by atoms with Gasteiger partial charge in [-0.2, -0.15) is 0 Å². The van der Waals surface area contributed by atoms with Gasteiger partial charge in [-0.3, -0.25) is 4.79 Å². The SMILES string of the molecule is CCc1ccc(CN(C)C(=O)C2CC(O)CN2)cc1. The van der Waals surface area contributed by atoms with Gasteiger partial charge in [-0.1, -0.05) is 31.2 Å². The molecule has 1 aliphatic heterocycles. The van der Waals surface area contributed by atoms with Crippen LogP contribution in [0.5, 0.6) is 0 Å². The minimum Gasteiger partial charge on any atom is -0.392 e. The maximum atomic E-state index is 12.2. The number of aliphatic hydroxyl groups is 1. The van der Waals surface area contributed by atoms with Crippen LogP contribution in [-0.2, 0) is 17.8 Å². The molecule has 1 saturated heterocycles. The van der Waals surface area contributed by atoms with E-state index < -0.39 is 6.10 Å². The van der Waals surface area contributed by atoms with Crippen LogP contribution in [0, 0.1) is 0 Å². The zero-order valence-electron chi connectivity index (χ0n) is 11.6. The summed E-state index contributed by atoms with van der Waals surface area (Å²) in [6, 6.07) is 8.10. The quantitative estimate of drug-likeness (QED) is 0.849. The molecular formula is C15H22N2O2. The van der Waals surface area contributed by atoms with Crippen molar-refractivity contribution in [3.63, 3.8) is 0 Å². The van der Waals surface area contributed by atoms with Gasteiger partial charge in [-0.25, -0.2) is 0 Å². The van der Waals surface area contributed by atoms with Gasteiger partial charge < -0.3 is 15.3 Å². The highest BCUT2D eigenvalue weighted by atomic mass is 16.3. The maximum absolute atomic E-state index is 12.2. The number of carbonyl (C=O) groups excluding carboxylic acids is 1. The zero-order valence-corrected chi connectivity index (χ0v) is 11.6. The van der Waals surface area contributed by atoms with Crippen molar-refractivity contribution in [2.75, 3.05) is 13.6 Å². The molecule has 2 N–H and O–H groups in total. The highest BCUT2D eigenvalue weighted by molar-refractivity contribution is 5.82. The number of nitrogens with zero attached hydrogens (tertiary/aromatic N) is 1. The average molecular weight is 262 g/mol. The van der Waals surface area contributed by atoms with Gasteiger partial charge in [0.05, 0.1) is 12.1 Å². The first-order chi connectivity index (χ1) is 9.10. The fourth-order valence-electron chi connectivity index (χ4n) is 2.40. The summed E-state index contributed by atoms with van der Waals surface area (Å²) >= 11 is 0. The molecule has 0 aliphatic carbocycles. The predicted octanol–water partition coefficient (Wildman–Crippen LogP) is 0.930. The third kappa shape index (κ3) is 3.55. The fraction of sp³-hybridized carbons (Fsp3) is 0.533. The van der Waals surface area contributed by atoms with Crippen molar-refractivity contribution in [1.29, 1.82) is 0 Å². The molecule has 2 unspecified atom stereocenters. The number of carbonyl (C=O) groups is 1. The standard InChI is InChI=1S/C15H22N2O2/c1-3-11-4-6-12(7-5-11)10-17(2)15(19)14-8-13(18)9-16-14/h4-7,13-14,16,18H,3,8-10H2,1-2H3. The van der Waals surface area contributed by atoms with E-state index in [2.05, 4.69) is 36.5 Å². The lowest BCUT2D eigenvalue weighted by atomic mass is 10.1. The summed E-state index contributed by atoms with van der Waals surface area (Å²) < 4.78 is 0. The number of hydrogen-bond donors (Lipinski definition) is 2. The van der Waals surface area contributed by atoms with Crippen LogP contribution in [-0.4, -0.2) is 41.7 Å². The van der Waals surface area contributed by atoms with Crippen LogP contribution in [0.3, 0.4) is 0 Å². The highest BCUT2D eigenvalue weighted by Gasteiger charge is 2.29. The summed E-state index contributed by atoms with van der Waals surface area (Å²) in [5.41, 5.74) is 2.44. The van der Waals surface area contributed by atoms with Gasteiger partial charge in [0.25, 0.3) is 0 Å². The molecule has 104 valence electrons. The van der Waals surface area contributed by atoms with Gasteiger partial charge in [0.2, 0.25) is 5.91 Å². The Morgan fingerprint density at radius 3 is 2.53 bits per heavy atom. The number of β-amino-alcohol motifs (C(OH)–C–C–N with tert-alkyl or cyclic N) is 1. The van der Waals surface area contributed by atoms with E-state index in [-0.39, 0.29) is 11.9 Å². The fourth-order valence-corrected chi connectivity index (χ4v) is 2.40. The van der Waals surface area contributed by atoms with Crippen molar-refractivity contribution in [3.05, 3.63) is 35.4 Å². The summed E-state index contributed by atoms with van der Waals surface area (Å²) in [5, 5.41) is 12.5. The number of rotatable bonds is 4. The van der Waals surface area contributed by atoms with Gasteiger partial charge in [0.15, 0.2) is 0 Å². The second kappa shape index (κ2) is 6.17. The molecule has 19 heavy (non-hydrogen) atoms. The minimum absolute atomic E-state index is 0.0520. The molecular weight excluding hydrogens is 240 g/mol. The molecule has 1 aliphatic rings. The number of benzene rings is 1. The molecule has 0 aromatic heterocycles. The summed E-state index contributed by atoms with van der Waals surface area (Å²) in [7, 11) is 1.81. The molecule has 1 heterocycles. The van der Waals surface area contributed by atoms with E-state index in [1.807, 2.05) is 7.05 Å². The normalized spacial score (nSPS) is 22.5. The van der Waals surface area contributed by atoms with Crippen molar-refractivity contribution in [1.82, 2.24) is 10.2 Å². The van der Waals surface area contributed by atoms with Crippen LogP contribution < -0.4 is 5.32 Å². The Balaban J connectivity index is 1.92. The third-order valence-corrected chi connectivity index (χ3v) is 3.63. The topological polar surface area (TPSA) is 52.6 Å². The van der Waals surface area contributed by atoms with E-state index in [1.54, 1.807) is 4.90 Å².